The highest BCUT2D eigenvalue weighted by atomic mass is 32.1. The molecule has 1 aliphatic heterocycles. The maximum atomic E-state index is 12.6. The third kappa shape index (κ3) is 3.97. The van der Waals surface area contributed by atoms with Gasteiger partial charge in [0.2, 0.25) is 0 Å². The van der Waals surface area contributed by atoms with Gasteiger partial charge in [-0.2, -0.15) is 0 Å². The highest BCUT2D eigenvalue weighted by molar-refractivity contribution is 7.15. The Labute approximate surface area is 166 Å². The first-order valence-electron chi connectivity index (χ1n) is 9.09. The lowest BCUT2D eigenvalue weighted by atomic mass is 10.2. The number of nitrogens with one attached hydrogen (secondary N) is 2. The molecule has 0 saturated carbocycles. The molecule has 0 aliphatic carbocycles. The molecule has 0 fully saturated rings. The minimum Gasteiger partial charge on any atom is -0.459 e. The molecule has 3 aromatic rings. The number of carbonyl (C=O) groups excluding carboxylic acids is 2. The van der Waals surface area contributed by atoms with Crippen molar-refractivity contribution >= 4 is 34.0 Å². The van der Waals surface area contributed by atoms with E-state index in [0.717, 1.165) is 31.7 Å². The molecule has 0 saturated heterocycles. The molecule has 0 unspecified atom stereocenters. The number of anilines is 2. The molecule has 3 heterocycles. The lowest BCUT2D eigenvalue weighted by Gasteiger charge is -2.23. The van der Waals surface area contributed by atoms with Gasteiger partial charge < -0.3 is 9.73 Å². The van der Waals surface area contributed by atoms with E-state index in [2.05, 4.69) is 27.4 Å². The second kappa shape index (κ2) is 7.95. The molecule has 2 amide bonds. The van der Waals surface area contributed by atoms with Gasteiger partial charge in [-0.3, -0.25) is 19.8 Å². The van der Waals surface area contributed by atoms with Crippen LogP contribution in [0, 0.1) is 0 Å². The molecule has 0 spiro atoms. The largest absolute Gasteiger partial charge is 0.459 e. The third-order valence-electron chi connectivity index (χ3n) is 4.61. The first-order valence-corrected chi connectivity index (χ1v) is 9.91. The molecular weight excluding hydrogens is 376 g/mol. The fourth-order valence-electron chi connectivity index (χ4n) is 3.08. The Kier molecular flexibility index (Phi) is 5.23. The van der Waals surface area contributed by atoms with Gasteiger partial charge in [0.25, 0.3) is 11.8 Å². The molecule has 2 aromatic heterocycles. The van der Waals surface area contributed by atoms with E-state index in [4.69, 9.17) is 4.42 Å². The Bertz CT molecular complexity index is 997. The van der Waals surface area contributed by atoms with Gasteiger partial charge in [0.15, 0.2) is 10.9 Å². The van der Waals surface area contributed by atoms with Crippen LogP contribution in [-0.4, -0.2) is 34.8 Å². The first kappa shape index (κ1) is 18.4. The number of hydrogen-bond donors (Lipinski definition) is 2. The van der Waals surface area contributed by atoms with Gasteiger partial charge in [0.1, 0.15) is 0 Å². The molecule has 144 valence electrons. The van der Waals surface area contributed by atoms with Crippen molar-refractivity contribution < 1.29 is 14.0 Å². The van der Waals surface area contributed by atoms with Crippen molar-refractivity contribution in [2.75, 3.05) is 23.7 Å². The standard InChI is InChI=1S/C20H20N4O3S/c1-2-24-9-8-15-17(12-24)28-20(22-15)23-18(25)13-5-3-6-14(11-13)21-19(26)16-7-4-10-27-16/h3-7,10-11H,2,8-9,12H2,1H3,(H,21,26)(H,22,23,25). The number of thiazole rings is 1. The van der Waals surface area contributed by atoms with Crippen LogP contribution in [0.15, 0.2) is 47.1 Å². The molecule has 4 rings (SSSR count). The van der Waals surface area contributed by atoms with Crippen molar-refractivity contribution in [3.05, 3.63) is 64.6 Å². The highest BCUT2D eigenvalue weighted by Crippen LogP contribution is 2.28. The summed E-state index contributed by atoms with van der Waals surface area (Å²) in [5.41, 5.74) is 2.04. The maximum Gasteiger partial charge on any atom is 0.291 e. The summed E-state index contributed by atoms with van der Waals surface area (Å²) in [6.45, 7) is 5.04. The molecule has 1 aromatic carbocycles. The van der Waals surface area contributed by atoms with Crippen LogP contribution >= 0.6 is 11.3 Å². The quantitative estimate of drug-likeness (QED) is 0.688. The Morgan fingerprint density at radius 1 is 1.21 bits per heavy atom. The van der Waals surface area contributed by atoms with Gasteiger partial charge in [-0.15, -0.1) is 11.3 Å². The number of aromatic nitrogens is 1. The molecule has 2 N–H and O–H groups in total. The van der Waals surface area contributed by atoms with Gasteiger partial charge in [-0.1, -0.05) is 13.0 Å². The SMILES string of the molecule is CCN1CCc2nc(NC(=O)c3cccc(NC(=O)c4ccco4)c3)sc2C1. The van der Waals surface area contributed by atoms with E-state index in [1.165, 1.54) is 22.5 Å². The number of fused-ring (bicyclic) bond motifs is 1. The summed E-state index contributed by atoms with van der Waals surface area (Å²) in [7, 11) is 0. The van der Waals surface area contributed by atoms with Crippen LogP contribution in [0.5, 0.6) is 0 Å². The number of hydrogen-bond acceptors (Lipinski definition) is 6. The average Bonchev–Trinajstić information content (AvgIpc) is 3.37. The van der Waals surface area contributed by atoms with E-state index in [1.54, 1.807) is 36.4 Å². The minimum atomic E-state index is -0.365. The van der Waals surface area contributed by atoms with Crippen LogP contribution < -0.4 is 10.6 Å². The number of furan rings is 1. The third-order valence-corrected chi connectivity index (χ3v) is 5.60. The number of carbonyl (C=O) groups is 2. The topological polar surface area (TPSA) is 87.5 Å². The molecular formula is C20H20N4O3S. The summed E-state index contributed by atoms with van der Waals surface area (Å²) >= 11 is 1.52. The van der Waals surface area contributed by atoms with Crippen LogP contribution in [0.25, 0.3) is 0 Å². The van der Waals surface area contributed by atoms with E-state index >= 15 is 0 Å². The molecule has 28 heavy (non-hydrogen) atoms. The molecule has 0 bridgehead atoms. The summed E-state index contributed by atoms with van der Waals surface area (Å²) in [6, 6.07) is 9.99. The fourth-order valence-corrected chi connectivity index (χ4v) is 4.13. The van der Waals surface area contributed by atoms with Crippen molar-refractivity contribution in [3.8, 4) is 0 Å². The fraction of sp³-hybridized carbons (Fsp3) is 0.250. The molecule has 0 radical (unpaired) electrons. The maximum absolute atomic E-state index is 12.6. The van der Waals surface area contributed by atoms with E-state index in [9.17, 15) is 9.59 Å². The van der Waals surface area contributed by atoms with Crippen LogP contribution in [0.4, 0.5) is 10.8 Å². The van der Waals surface area contributed by atoms with Crippen molar-refractivity contribution in [1.82, 2.24) is 9.88 Å². The monoisotopic (exact) mass is 396 g/mol. The number of benzene rings is 1. The summed E-state index contributed by atoms with van der Waals surface area (Å²) < 4.78 is 5.08. The Morgan fingerprint density at radius 2 is 2.11 bits per heavy atom. The van der Waals surface area contributed by atoms with Crippen LogP contribution in [0.1, 0.15) is 38.4 Å². The zero-order valence-corrected chi connectivity index (χ0v) is 16.2. The number of rotatable bonds is 5. The van der Waals surface area contributed by atoms with Crippen LogP contribution in [0.3, 0.4) is 0 Å². The predicted octanol–water partition coefficient (Wildman–Crippen LogP) is 3.62. The predicted molar refractivity (Wildman–Crippen MR) is 108 cm³/mol. The minimum absolute atomic E-state index is 0.212. The normalized spacial score (nSPS) is 13.8. The zero-order valence-electron chi connectivity index (χ0n) is 15.4. The van der Waals surface area contributed by atoms with Crippen molar-refractivity contribution in [2.45, 2.75) is 19.9 Å². The average molecular weight is 396 g/mol. The Balaban J connectivity index is 1.44. The van der Waals surface area contributed by atoms with Gasteiger partial charge in [-0.25, -0.2) is 4.98 Å². The van der Waals surface area contributed by atoms with Crippen LogP contribution in [-0.2, 0) is 13.0 Å². The second-order valence-corrected chi connectivity index (χ2v) is 7.56. The van der Waals surface area contributed by atoms with E-state index in [-0.39, 0.29) is 17.6 Å². The molecule has 0 atom stereocenters. The number of likely N-dealkylation sites (N-methyl/N-ethyl adjacent to an activating group) is 1. The van der Waals surface area contributed by atoms with Crippen molar-refractivity contribution in [1.29, 1.82) is 0 Å². The number of amides is 2. The summed E-state index contributed by atoms with van der Waals surface area (Å²) in [4.78, 5) is 32.9. The molecule has 8 heteroatoms. The van der Waals surface area contributed by atoms with E-state index in [1.807, 2.05) is 0 Å². The number of nitrogens with zero attached hydrogens (tertiary/aromatic N) is 2. The Hall–Kier alpha value is -2.97. The molecule has 1 aliphatic rings. The summed E-state index contributed by atoms with van der Waals surface area (Å²) in [5, 5.41) is 6.21. The molecule has 7 nitrogen and oxygen atoms in total. The van der Waals surface area contributed by atoms with E-state index < -0.39 is 0 Å². The van der Waals surface area contributed by atoms with Gasteiger partial charge in [-0.05, 0) is 36.9 Å². The Morgan fingerprint density at radius 3 is 2.89 bits per heavy atom. The lowest BCUT2D eigenvalue weighted by Crippen LogP contribution is -2.29. The summed E-state index contributed by atoms with van der Waals surface area (Å²) in [6.07, 6.45) is 2.34. The lowest BCUT2D eigenvalue weighted by molar-refractivity contribution is 0.0993. The van der Waals surface area contributed by atoms with Crippen molar-refractivity contribution in [2.24, 2.45) is 0 Å². The smallest absolute Gasteiger partial charge is 0.291 e. The highest BCUT2D eigenvalue weighted by Gasteiger charge is 2.20. The van der Waals surface area contributed by atoms with Gasteiger partial charge >= 0.3 is 0 Å². The van der Waals surface area contributed by atoms with E-state index in [0.29, 0.717) is 16.4 Å². The second-order valence-electron chi connectivity index (χ2n) is 6.47. The first-order chi connectivity index (χ1) is 13.6. The van der Waals surface area contributed by atoms with Gasteiger partial charge in [0.05, 0.1) is 12.0 Å². The summed E-state index contributed by atoms with van der Waals surface area (Å²) in [5.74, 6) is -0.410. The van der Waals surface area contributed by atoms with Crippen LogP contribution in [0.2, 0.25) is 0 Å². The van der Waals surface area contributed by atoms with Crippen molar-refractivity contribution in [3.63, 3.8) is 0 Å². The zero-order chi connectivity index (χ0) is 19.5. The van der Waals surface area contributed by atoms with Gasteiger partial charge in [0, 0.05) is 35.6 Å².